The van der Waals surface area contributed by atoms with Crippen LogP contribution >= 0.6 is 15.9 Å². The van der Waals surface area contributed by atoms with Crippen molar-refractivity contribution in [3.05, 3.63) is 46.4 Å². The highest BCUT2D eigenvalue weighted by Crippen LogP contribution is 2.43. The highest BCUT2D eigenvalue weighted by Gasteiger charge is 2.46. The molecule has 0 saturated carbocycles. The Labute approximate surface area is 254 Å². The standard InChI is InChI=1S/C30H47BrO9Si/c1-20(2)41(21(3)4,22(5)6)39-16-29(40-26-13-11-24(31)15-28(26)38-19-35-9)30(32)23-10-12-25(36-17-33-7)27(14-23)37-18-34-8/h10-15,20-22,29-30,32H,16-19H2,1-9H3/t29-,30-/m0/s1. The molecule has 41 heavy (non-hydrogen) atoms. The summed E-state index contributed by atoms with van der Waals surface area (Å²) in [6.45, 7) is 13.6. The molecule has 2 aromatic carbocycles. The monoisotopic (exact) mass is 658 g/mol. The van der Waals surface area contributed by atoms with Crippen molar-refractivity contribution in [3.8, 4) is 23.0 Å². The Bertz CT molecular complexity index is 1030. The Kier molecular flexibility index (Phi) is 14.9. The minimum atomic E-state index is -2.28. The summed E-state index contributed by atoms with van der Waals surface area (Å²) < 4.78 is 46.6. The largest absolute Gasteiger partial charge is 0.481 e. The zero-order valence-electron chi connectivity index (χ0n) is 25.8. The van der Waals surface area contributed by atoms with Crippen molar-refractivity contribution in [1.29, 1.82) is 0 Å². The molecule has 0 aliphatic carbocycles. The van der Waals surface area contributed by atoms with E-state index in [1.54, 1.807) is 37.4 Å². The molecule has 0 amide bonds. The van der Waals surface area contributed by atoms with Crippen molar-refractivity contribution < 1.29 is 42.7 Å². The molecule has 2 atom stereocenters. The summed E-state index contributed by atoms with van der Waals surface area (Å²) in [6, 6.07) is 10.7. The summed E-state index contributed by atoms with van der Waals surface area (Å²) >= 11 is 3.49. The van der Waals surface area contributed by atoms with Crippen molar-refractivity contribution in [2.75, 3.05) is 48.3 Å². The molecule has 2 aromatic rings. The van der Waals surface area contributed by atoms with Crippen LogP contribution in [-0.2, 0) is 18.6 Å². The number of methoxy groups -OCH3 is 3. The number of aliphatic hydroxyl groups is 1. The third kappa shape index (κ3) is 9.57. The maximum absolute atomic E-state index is 11.8. The fourth-order valence-electron chi connectivity index (χ4n) is 5.29. The van der Waals surface area contributed by atoms with E-state index >= 15 is 0 Å². The van der Waals surface area contributed by atoms with Gasteiger partial charge in [-0.05, 0) is 52.5 Å². The minimum Gasteiger partial charge on any atom is -0.481 e. The summed E-state index contributed by atoms with van der Waals surface area (Å²) in [4.78, 5) is 0. The molecule has 9 nitrogen and oxygen atoms in total. The highest BCUT2D eigenvalue weighted by molar-refractivity contribution is 9.10. The number of ether oxygens (including phenoxy) is 7. The smallest absolute Gasteiger partial charge is 0.200 e. The van der Waals surface area contributed by atoms with Gasteiger partial charge in [-0.3, -0.25) is 0 Å². The maximum atomic E-state index is 11.8. The molecule has 2 rings (SSSR count). The number of hydrogen-bond donors (Lipinski definition) is 1. The molecule has 11 heteroatoms. The molecule has 0 heterocycles. The SMILES string of the molecule is COCOc1ccc([C@H](O)[C@H](CO[Si](C(C)C)(C(C)C)C(C)C)Oc2ccc(Br)cc2OCOC)cc1OCOC. The third-order valence-corrected chi connectivity index (χ3v) is 13.6. The van der Waals surface area contributed by atoms with Crippen LogP contribution < -0.4 is 18.9 Å². The molecule has 0 saturated heterocycles. The van der Waals surface area contributed by atoms with Crippen molar-refractivity contribution in [2.24, 2.45) is 0 Å². The van der Waals surface area contributed by atoms with Gasteiger partial charge in [0.15, 0.2) is 49.5 Å². The summed E-state index contributed by atoms with van der Waals surface area (Å²) in [6.07, 6.45) is -1.85. The molecule has 0 spiro atoms. The molecular formula is C30H47BrO9Si. The number of halogens is 1. The fourth-order valence-corrected chi connectivity index (χ4v) is 11.1. The van der Waals surface area contributed by atoms with E-state index in [-0.39, 0.29) is 27.0 Å². The van der Waals surface area contributed by atoms with Crippen molar-refractivity contribution in [1.82, 2.24) is 0 Å². The normalized spacial score (nSPS) is 13.5. The van der Waals surface area contributed by atoms with E-state index in [1.807, 2.05) is 6.07 Å². The lowest BCUT2D eigenvalue weighted by molar-refractivity contribution is -0.00252. The van der Waals surface area contributed by atoms with Gasteiger partial charge in [-0.15, -0.1) is 0 Å². The van der Waals surface area contributed by atoms with Gasteiger partial charge in [-0.1, -0.05) is 63.5 Å². The van der Waals surface area contributed by atoms with Crippen LogP contribution in [0.2, 0.25) is 16.6 Å². The van der Waals surface area contributed by atoms with Crippen LogP contribution in [-0.4, -0.2) is 67.8 Å². The van der Waals surface area contributed by atoms with Gasteiger partial charge in [-0.25, -0.2) is 0 Å². The number of rotatable bonds is 19. The molecule has 232 valence electrons. The van der Waals surface area contributed by atoms with Gasteiger partial charge >= 0.3 is 0 Å². The Balaban J connectivity index is 2.52. The van der Waals surface area contributed by atoms with E-state index in [0.29, 0.717) is 45.2 Å². The van der Waals surface area contributed by atoms with E-state index < -0.39 is 20.5 Å². The molecular weight excluding hydrogens is 612 g/mol. The van der Waals surface area contributed by atoms with Crippen molar-refractivity contribution >= 4 is 24.2 Å². The first-order chi connectivity index (χ1) is 19.5. The van der Waals surface area contributed by atoms with Crippen LogP contribution in [0.4, 0.5) is 0 Å². The first-order valence-electron chi connectivity index (χ1n) is 13.8. The maximum Gasteiger partial charge on any atom is 0.200 e. The quantitative estimate of drug-likeness (QED) is 0.126. The molecule has 0 fully saturated rings. The third-order valence-electron chi connectivity index (χ3n) is 7.05. The topological polar surface area (TPSA) is 94.1 Å². The summed E-state index contributed by atoms with van der Waals surface area (Å²) in [5.74, 6) is 1.80. The Morgan fingerprint density at radius 1 is 0.683 bits per heavy atom. The first-order valence-corrected chi connectivity index (χ1v) is 16.7. The van der Waals surface area contributed by atoms with E-state index in [2.05, 4.69) is 57.5 Å². The molecule has 0 aliphatic rings. The van der Waals surface area contributed by atoms with Gasteiger partial charge in [0.25, 0.3) is 0 Å². The van der Waals surface area contributed by atoms with E-state index in [0.717, 1.165) is 4.47 Å². The van der Waals surface area contributed by atoms with Gasteiger partial charge in [-0.2, -0.15) is 0 Å². The number of hydrogen-bond acceptors (Lipinski definition) is 9. The van der Waals surface area contributed by atoms with Crippen LogP contribution in [0.1, 0.15) is 53.2 Å². The average molecular weight is 660 g/mol. The number of aliphatic hydroxyl groups excluding tert-OH is 1. The molecule has 0 aliphatic heterocycles. The van der Waals surface area contributed by atoms with Gasteiger partial charge in [0.1, 0.15) is 6.10 Å². The lowest BCUT2D eigenvalue weighted by atomic mass is 10.0. The van der Waals surface area contributed by atoms with Gasteiger partial charge in [0.2, 0.25) is 8.32 Å². The lowest BCUT2D eigenvalue weighted by Gasteiger charge is -2.43. The molecule has 0 radical (unpaired) electrons. The Hall–Kier alpha value is -1.86. The zero-order valence-corrected chi connectivity index (χ0v) is 28.4. The van der Waals surface area contributed by atoms with Crippen molar-refractivity contribution in [3.63, 3.8) is 0 Å². The molecule has 0 unspecified atom stereocenters. The van der Waals surface area contributed by atoms with Gasteiger partial charge < -0.3 is 42.7 Å². The summed E-state index contributed by atoms with van der Waals surface area (Å²) in [5, 5.41) is 11.8. The highest BCUT2D eigenvalue weighted by atomic mass is 79.9. The van der Waals surface area contributed by atoms with Crippen LogP contribution in [0.25, 0.3) is 0 Å². The van der Waals surface area contributed by atoms with E-state index in [1.165, 1.54) is 14.2 Å². The zero-order chi connectivity index (χ0) is 30.6. The van der Waals surface area contributed by atoms with Crippen molar-refractivity contribution in [2.45, 2.75) is 70.4 Å². The van der Waals surface area contributed by atoms with Crippen LogP contribution in [0, 0.1) is 0 Å². The van der Waals surface area contributed by atoms with Gasteiger partial charge in [0.05, 0.1) is 6.61 Å². The Morgan fingerprint density at radius 3 is 1.68 bits per heavy atom. The molecule has 0 bridgehead atoms. The number of benzene rings is 2. The molecule has 1 N–H and O–H groups in total. The summed E-state index contributed by atoms with van der Waals surface area (Å²) in [5.41, 5.74) is 1.65. The second-order valence-corrected chi connectivity index (χ2v) is 17.1. The van der Waals surface area contributed by atoms with E-state index in [9.17, 15) is 5.11 Å². The minimum absolute atomic E-state index is 0.0102. The van der Waals surface area contributed by atoms with Gasteiger partial charge in [0, 0.05) is 25.8 Å². The summed E-state index contributed by atoms with van der Waals surface area (Å²) in [7, 11) is 2.35. The fraction of sp³-hybridized carbons (Fsp3) is 0.600. The first kappa shape index (κ1) is 35.3. The average Bonchev–Trinajstić information content (AvgIpc) is 2.93. The predicted octanol–water partition coefficient (Wildman–Crippen LogP) is 7.07. The van der Waals surface area contributed by atoms with E-state index in [4.69, 9.17) is 37.6 Å². The Morgan fingerprint density at radius 2 is 1.17 bits per heavy atom. The van der Waals surface area contributed by atoms with Crippen LogP contribution in [0.3, 0.4) is 0 Å². The second-order valence-electron chi connectivity index (χ2n) is 10.7. The molecule has 0 aromatic heterocycles. The second kappa shape index (κ2) is 17.3. The lowest BCUT2D eigenvalue weighted by Crippen LogP contribution is -2.50. The van der Waals surface area contributed by atoms with Crippen LogP contribution in [0.15, 0.2) is 40.9 Å². The predicted molar refractivity (Wildman–Crippen MR) is 164 cm³/mol. The van der Waals surface area contributed by atoms with Crippen LogP contribution in [0.5, 0.6) is 23.0 Å².